The average Bonchev–Trinajstić information content (AvgIpc) is 2.83. The first kappa shape index (κ1) is 15.0. The molecular weight excluding hydrogens is 414 g/mol. The fourth-order valence-corrected chi connectivity index (χ4v) is 3.83. The van der Waals surface area contributed by atoms with Crippen LogP contribution >= 0.6 is 31.9 Å². The smallest absolute Gasteiger partial charge is 0.0541 e. The van der Waals surface area contributed by atoms with Crippen molar-refractivity contribution in [1.29, 1.82) is 0 Å². The molecule has 0 spiro atoms. The lowest BCUT2D eigenvalue weighted by molar-refractivity contribution is 1.16. The first-order valence-electron chi connectivity index (χ1n) is 7.51. The molecule has 0 saturated heterocycles. The Bertz CT molecular complexity index is 1000. The summed E-state index contributed by atoms with van der Waals surface area (Å²) in [6.07, 6.45) is 0. The number of halogens is 2. The van der Waals surface area contributed by atoms with Gasteiger partial charge in [-0.15, -0.1) is 0 Å². The van der Waals surface area contributed by atoms with Crippen LogP contribution in [0.25, 0.3) is 27.5 Å². The molecule has 0 N–H and O–H groups in total. The minimum atomic E-state index is 1.10. The van der Waals surface area contributed by atoms with Crippen molar-refractivity contribution >= 4 is 53.7 Å². The fourth-order valence-electron chi connectivity index (χ4n) is 3.11. The van der Waals surface area contributed by atoms with E-state index in [9.17, 15) is 0 Å². The van der Waals surface area contributed by atoms with Crippen LogP contribution in [-0.4, -0.2) is 4.57 Å². The molecule has 0 saturated carbocycles. The molecular formula is C20H15Br2N. The second-order valence-electron chi connectivity index (χ2n) is 5.93. The minimum absolute atomic E-state index is 1.10. The third-order valence-corrected chi connectivity index (χ3v) is 5.42. The largest absolute Gasteiger partial charge is 0.309 e. The zero-order valence-corrected chi connectivity index (χ0v) is 16.1. The number of hydrogen-bond donors (Lipinski definition) is 0. The summed E-state index contributed by atoms with van der Waals surface area (Å²) in [6.45, 7) is 4.32. The summed E-state index contributed by atoms with van der Waals surface area (Å²) in [6, 6.07) is 19.6. The van der Waals surface area contributed by atoms with Crippen molar-refractivity contribution in [3.63, 3.8) is 0 Å². The molecule has 3 aromatic carbocycles. The van der Waals surface area contributed by atoms with Crippen LogP contribution in [-0.2, 0) is 0 Å². The van der Waals surface area contributed by atoms with Crippen LogP contribution in [0, 0.1) is 13.8 Å². The Morgan fingerprint density at radius 2 is 1.22 bits per heavy atom. The molecule has 1 nitrogen and oxygen atoms in total. The zero-order chi connectivity index (χ0) is 16.1. The first-order valence-corrected chi connectivity index (χ1v) is 9.10. The number of benzene rings is 3. The van der Waals surface area contributed by atoms with Gasteiger partial charge in [0.05, 0.1) is 11.0 Å². The van der Waals surface area contributed by atoms with Crippen LogP contribution in [0.1, 0.15) is 11.1 Å². The van der Waals surface area contributed by atoms with Crippen LogP contribution in [0.4, 0.5) is 0 Å². The Hall–Kier alpha value is -1.58. The number of aromatic nitrogens is 1. The summed E-state index contributed by atoms with van der Waals surface area (Å²) in [7, 11) is 0. The molecule has 1 heterocycles. The van der Waals surface area contributed by atoms with Gasteiger partial charge in [-0.25, -0.2) is 0 Å². The second kappa shape index (κ2) is 5.50. The van der Waals surface area contributed by atoms with E-state index in [0.29, 0.717) is 0 Å². The summed E-state index contributed by atoms with van der Waals surface area (Å²) >= 11 is 7.20. The minimum Gasteiger partial charge on any atom is -0.309 e. The molecule has 0 aliphatic carbocycles. The quantitative estimate of drug-likeness (QED) is 0.310. The molecule has 4 rings (SSSR count). The van der Waals surface area contributed by atoms with Crippen molar-refractivity contribution in [1.82, 2.24) is 4.57 Å². The molecule has 0 aliphatic rings. The third-order valence-electron chi connectivity index (χ3n) is 4.44. The summed E-state index contributed by atoms with van der Waals surface area (Å²) in [5.74, 6) is 0. The van der Waals surface area contributed by atoms with Crippen molar-refractivity contribution in [3.8, 4) is 5.69 Å². The van der Waals surface area contributed by atoms with E-state index in [2.05, 4.69) is 105 Å². The van der Waals surface area contributed by atoms with Crippen LogP contribution in [0.2, 0.25) is 0 Å². The highest BCUT2D eigenvalue weighted by Gasteiger charge is 2.13. The Morgan fingerprint density at radius 1 is 0.652 bits per heavy atom. The number of aryl methyl sites for hydroxylation is 2. The lowest BCUT2D eigenvalue weighted by atomic mass is 10.1. The van der Waals surface area contributed by atoms with Crippen LogP contribution in [0.3, 0.4) is 0 Å². The molecule has 1 aromatic heterocycles. The molecule has 0 fully saturated rings. The summed E-state index contributed by atoms with van der Waals surface area (Å²) in [5.41, 5.74) is 6.29. The highest BCUT2D eigenvalue weighted by atomic mass is 79.9. The maximum Gasteiger partial charge on any atom is 0.0541 e. The number of rotatable bonds is 1. The van der Waals surface area contributed by atoms with E-state index >= 15 is 0 Å². The predicted octanol–water partition coefficient (Wildman–Crippen LogP) is 6.93. The Kier molecular flexibility index (Phi) is 3.58. The molecule has 23 heavy (non-hydrogen) atoms. The number of hydrogen-bond acceptors (Lipinski definition) is 0. The van der Waals surface area contributed by atoms with E-state index in [1.165, 1.54) is 38.6 Å². The Balaban J connectivity index is 2.17. The van der Waals surface area contributed by atoms with Crippen molar-refractivity contribution in [3.05, 3.63) is 74.7 Å². The van der Waals surface area contributed by atoms with E-state index in [-0.39, 0.29) is 0 Å². The SMILES string of the molecule is Cc1ccc(-n2c3ccc(Br)cc3c3cc(Br)ccc32)cc1C. The number of nitrogens with zero attached hydrogens (tertiary/aromatic N) is 1. The maximum absolute atomic E-state index is 3.60. The van der Waals surface area contributed by atoms with Gasteiger partial charge >= 0.3 is 0 Å². The van der Waals surface area contributed by atoms with E-state index in [0.717, 1.165) is 8.95 Å². The van der Waals surface area contributed by atoms with Crippen LogP contribution in [0.5, 0.6) is 0 Å². The zero-order valence-electron chi connectivity index (χ0n) is 12.9. The molecule has 0 amide bonds. The van der Waals surface area contributed by atoms with Crippen molar-refractivity contribution in [2.75, 3.05) is 0 Å². The molecule has 0 bridgehead atoms. The monoisotopic (exact) mass is 427 g/mol. The lowest BCUT2D eigenvalue weighted by Crippen LogP contribution is -1.95. The Labute approximate surface area is 152 Å². The van der Waals surface area contributed by atoms with Gasteiger partial charge in [0, 0.05) is 25.4 Å². The average molecular weight is 429 g/mol. The molecule has 0 unspecified atom stereocenters. The third kappa shape index (κ3) is 2.43. The van der Waals surface area contributed by atoms with Gasteiger partial charge in [-0.05, 0) is 73.5 Å². The van der Waals surface area contributed by atoms with E-state index in [1.54, 1.807) is 0 Å². The van der Waals surface area contributed by atoms with E-state index < -0.39 is 0 Å². The predicted molar refractivity (Wildman–Crippen MR) is 106 cm³/mol. The van der Waals surface area contributed by atoms with Crippen molar-refractivity contribution in [2.45, 2.75) is 13.8 Å². The van der Waals surface area contributed by atoms with Gasteiger partial charge < -0.3 is 4.57 Å². The van der Waals surface area contributed by atoms with Gasteiger partial charge in [0.1, 0.15) is 0 Å². The van der Waals surface area contributed by atoms with E-state index in [1.807, 2.05) is 0 Å². The van der Waals surface area contributed by atoms with Gasteiger partial charge in [-0.2, -0.15) is 0 Å². The van der Waals surface area contributed by atoms with Gasteiger partial charge in [0.2, 0.25) is 0 Å². The highest BCUT2D eigenvalue weighted by molar-refractivity contribution is 9.10. The van der Waals surface area contributed by atoms with Crippen LogP contribution in [0.15, 0.2) is 63.5 Å². The second-order valence-corrected chi connectivity index (χ2v) is 7.76. The van der Waals surface area contributed by atoms with Gasteiger partial charge in [-0.1, -0.05) is 37.9 Å². The molecule has 0 atom stereocenters. The standard InChI is InChI=1S/C20H15Br2N/c1-12-3-6-16(9-13(12)2)23-19-7-4-14(21)10-17(19)18-11-15(22)5-8-20(18)23/h3-11H,1-2H3. The van der Waals surface area contributed by atoms with Gasteiger partial charge in [0.15, 0.2) is 0 Å². The molecule has 4 aromatic rings. The summed E-state index contributed by atoms with van der Waals surface area (Å²) in [5, 5.41) is 2.52. The van der Waals surface area contributed by atoms with Crippen molar-refractivity contribution < 1.29 is 0 Å². The van der Waals surface area contributed by atoms with Crippen molar-refractivity contribution in [2.24, 2.45) is 0 Å². The van der Waals surface area contributed by atoms with Gasteiger partial charge in [-0.3, -0.25) is 0 Å². The lowest BCUT2D eigenvalue weighted by Gasteiger charge is -2.10. The highest BCUT2D eigenvalue weighted by Crippen LogP contribution is 2.35. The maximum atomic E-state index is 3.60. The molecule has 0 aliphatic heterocycles. The summed E-state index contributed by atoms with van der Waals surface area (Å²) in [4.78, 5) is 0. The molecule has 3 heteroatoms. The normalized spacial score (nSPS) is 11.5. The van der Waals surface area contributed by atoms with Gasteiger partial charge in [0.25, 0.3) is 0 Å². The summed E-state index contributed by atoms with van der Waals surface area (Å²) < 4.78 is 4.55. The van der Waals surface area contributed by atoms with E-state index in [4.69, 9.17) is 0 Å². The first-order chi connectivity index (χ1) is 11.0. The molecule has 114 valence electrons. The Morgan fingerprint density at radius 3 is 1.74 bits per heavy atom. The number of fused-ring (bicyclic) bond motifs is 3. The van der Waals surface area contributed by atoms with Crippen LogP contribution < -0.4 is 0 Å². The molecule has 0 radical (unpaired) electrons. The topological polar surface area (TPSA) is 4.93 Å². The fraction of sp³-hybridized carbons (Fsp3) is 0.100.